The van der Waals surface area contributed by atoms with E-state index in [0.717, 1.165) is 77.8 Å². The van der Waals surface area contributed by atoms with Gasteiger partial charge in [0, 0.05) is 54.1 Å². The maximum Gasteiger partial charge on any atom is 0.309 e. The van der Waals surface area contributed by atoms with Crippen LogP contribution in [0, 0.1) is 11.8 Å². The monoisotopic (exact) mass is 616 g/mol. The van der Waals surface area contributed by atoms with Gasteiger partial charge in [-0.2, -0.15) is 0 Å². The van der Waals surface area contributed by atoms with Crippen molar-refractivity contribution < 1.29 is 38.0 Å². The number of hydrogen-bond acceptors (Lipinski definition) is 10. The minimum Gasteiger partial charge on any atom is -0.465 e. The van der Waals surface area contributed by atoms with Crippen LogP contribution in [0.4, 0.5) is 0 Å². The van der Waals surface area contributed by atoms with Gasteiger partial charge in [-0.1, -0.05) is 0 Å². The Kier molecular flexibility index (Phi) is 14.1. The Bertz CT molecular complexity index is 837. The van der Waals surface area contributed by atoms with E-state index >= 15 is 0 Å². The summed E-state index contributed by atoms with van der Waals surface area (Å²) in [7, 11) is 4.99. The lowest BCUT2D eigenvalue weighted by Crippen LogP contribution is -2.49. The van der Waals surface area contributed by atoms with Gasteiger partial charge in [0.2, 0.25) is 0 Å². The number of carbonyl (C=O) groups excluding carboxylic acids is 2. The number of esters is 2. The van der Waals surface area contributed by atoms with Crippen LogP contribution < -0.4 is 0 Å². The van der Waals surface area contributed by atoms with Crippen molar-refractivity contribution in [2.45, 2.75) is 100 Å². The molecule has 2 saturated heterocycles. The first-order valence-electron chi connectivity index (χ1n) is 16.1. The molecule has 10 unspecified atom stereocenters. The molecule has 0 amide bonds. The highest BCUT2D eigenvalue weighted by molar-refractivity contribution is 6.21. The summed E-state index contributed by atoms with van der Waals surface area (Å²) in [6, 6.07) is 0. The Balaban J connectivity index is 1.41. The second-order valence-corrected chi connectivity index (χ2v) is 13.0. The molecule has 2 aliphatic heterocycles. The zero-order chi connectivity index (χ0) is 29.9. The predicted octanol–water partition coefficient (Wildman–Crippen LogP) is 3.27. The van der Waals surface area contributed by atoms with Crippen molar-refractivity contribution in [3.63, 3.8) is 0 Å². The van der Waals surface area contributed by atoms with Gasteiger partial charge in [-0.25, -0.2) is 0 Å². The largest absolute Gasteiger partial charge is 0.465 e. The average Bonchev–Trinajstić information content (AvgIpc) is 3.23. The van der Waals surface area contributed by atoms with Crippen LogP contribution in [0.3, 0.4) is 0 Å². The molecule has 0 aromatic rings. The van der Waals surface area contributed by atoms with Gasteiger partial charge in [-0.05, 0) is 77.3 Å². The Morgan fingerprint density at radius 1 is 0.786 bits per heavy atom. The second-order valence-electron chi connectivity index (χ2n) is 12.4. The van der Waals surface area contributed by atoms with Gasteiger partial charge in [-0.15, -0.1) is 11.6 Å². The van der Waals surface area contributed by atoms with Gasteiger partial charge in [-0.3, -0.25) is 9.59 Å². The van der Waals surface area contributed by atoms with E-state index in [1.54, 1.807) is 21.3 Å². The van der Waals surface area contributed by atoms with Crippen molar-refractivity contribution >= 4 is 23.5 Å². The molecule has 4 bridgehead atoms. The van der Waals surface area contributed by atoms with E-state index in [-0.39, 0.29) is 59.7 Å². The molecular formula is C31H53ClN2O8. The zero-order valence-corrected chi connectivity index (χ0v) is 26.6. The molecule has 42 heavy (non-hydrogen) atoms. The topological polar surface area (TPSA) is 96.0 Å². The van der Waals surface area contributed by atoms with Gasteiger partial charge in [0.05, 0.1) is 42.1 Å². The van der Waals surface area contributed by atoms with Gasteiger partial charge < -0.3 is 38.2 Å². The Morgan fingerprint density at radius 2 is 1.52 bits per heavy atom. The molecule has 10 nitrogen and oxygen atoms in total. The summed E-state index contributed by atoms with van der Waals surface area (Å²) in [4.78, 5) is 31.2. The number of nitrogens with zero attached hydrogens (tertiary/aromatic N) is 2. The molecule has 4 aliphatic rings. The number of ether oxygens (including phenoxy) is 6. The quantitative estimate of drug-likeness (QED) is 0.338. The van der Waals surface area contributed by atoms with Crippen LogP contribution in [0.2, 0.25) is 0 Å². The third-order valence-corrected chi connectivity index (χ3v) is 10.1. The molecule has 11 heteroatoms. The molecule has 2 saturated carbocycles. The first-order valence-corrected chi connectivity index (χ1v) is 16.5. The van der Waals surface area contributed by atoms with E-state index in [4.69, 9.17) is 40.0 Å². The number of cyclic esters (lactones) is 1. The van der Waals surface area contributed by atoms with E-state index < -0.39 is 0 Å². The standard InChI is InChI=1S/C31H53ClN2O8/c1-37-26-9-8-22(19-25(26)32)31(36)42-24-7-4-17-40-28-21-23(20-27(38-2)29(28)39-3)30(35)41-18-6-13-33-11-5-12-34(14-10-24)16-15-33/h22-29H,4-21H2,1-3H3. The van der Waals surface area contributed by atoms with Crippen LogP contribution in [0.15, 0.2) is 0 Å². The molecule has 10 atom stereocenters. The lowest BCUT2D eigenvalue weighted by atomic mass is 9.83. The summed E-state index contributed by atoms with van der Waals surface area (Å²) in [5, 5.41) is -0.175. The van der Waals surface area contributed by atoms with Crippen LogP contribution in [0.25, 0.3) is 0 Å². The Hall–Kier alpha value is -1.01. The molecule has 4 rings (SSSR count). The molecule has 2 heterocycles. The highest BCUT2D eigenvalue weighted by atomic mass is 35.5. The number of halogens is 1. The number of rotatable bonds is 5. The summed E-state index contributed by atoms with van der Waals surface area (Å²) in [5.74, 6) is -0.789. The fraction of sp³-hybridized carbons (Fsp3) is 0.935. The third kappa shape index (κ3) is 9.74. The fourth-order valence-corrected chi connectivity index (χ4v) is 7.51. The Morgan fingerprint density at radius 3 is 2.24 bits per heavy atom. The summed E-state index contributed by atoms with van der Waals surface area (Å²) < 4.78 is 35.2. The molecule has 0 radical (unpaired) electrons. The van der Waals surface area contributed by atoms with Crippen LogP contribution in [0.1, 0.15) is 64.2 Å². The van der Waals surface area contributed by atoms with Crippen LogP contribution in [0.5, 0.6) is 0 Å². The first-order chi connectivity index (χ1) is 20.4. The van der Waals surface area contributed by atoms with Crippen LogP contribution in [-0.2, 0) is 38.0 Å². The number of carbonyl (C=O) groups is 2. The summed E-state index contributed by atoms with van der Waals surface area (Å²) in [6.07, 6.45) is 6.39. The molecule has 4 fully saturated rings. The molecule has 0 spiro atoms. The second kappa shape index (κ2) is 17.5. The summed E-state index contributed by atoms with van der Waals surface area (Å²) in [6.45, 7) is 6.77. The van der Waals surface area contributed by atoms with Crippen molar-refractivity contribution in [2.24, 2.45) is 11.8 Å². The van der Waals surface area contributed by atoms with Crippen molar-refractivity contribution in [3.05, 3.63) is 0 Å². The van der Waals surface area contributed by atoms with E-state index in [0.29, 0.717) is 38.9 Å². The van der Waals surface area contributed by atoms with Gasteiger partial charge in [0.15, 0.2) is 0 Å². The maximum atomic E-state index is 13.3. The lowest BCUT2D eigenvalue weighted by Gasteiger charge is -2.39. The highest BCUT2D eigenvalue weighted by Gasteiger charge is 2.42. The normalized spacial score (nSPS) is 39.7. The zero-order valence-electron chi connectivity index (χ0n) is 25.9. The fourth-order valence-electron chi connectivity index (χ4n) is 7.07. The smallest absolute Gasteiger partial charge is 0.309 e. The molecular weight excluding hydrogens is 564 g/mol. The summed E-state index contributed by atoms with van der Waals surface area (Å²) in [5.41, 5.74) is 0. The van der Waals surface area contributed by atoms with Gasteiger partial charge in [0.1, 0.15) is 12.2 Å². The van der Waals surface area contributed by atoms with Crippen molar-refractivity contribution in [3.8, 4) is 0 Å². The van der Waals surface area contributed by atoms with Crippen molar-refractivity contribution in [1.82, 2.24) is 9.80 Å². The van der Waals surface area contributed by atoms with Crippen LogP contribution >= 0.6 is 11.6 Å². The van der Waals surface area contributed by atoms with E-state index in [2.05, 4.69) is 9.80 Å². The SMILES string of the molecule is COC1CCC(C(=O)OC2CCCOC3CC(CC(OC)C3OC)C(=O)OCCCN3CCCN(CC2)CC3)CC1Cl. The minimum atomic E-state index is -0.284. The number of hydrogen-bond donors (Lipinski definition) is 0. The molecule has 242 valence electrons. The lowest BCUT2D eigenvalue weighted by molar-refractivity contribution is -0.172. The van der Waals surface area contributed by atoms with Crippen molar-refractivity contribution in [2.75, 3.05) is 73.8 Å². The van der Waals surface area contributed by atoms with Crippen LogP contribution in [-0.4, -0.2) is 131 Å². The van der Waals surface area contributed by atoms with E-state index in [9.17, 15) is 9.59 Å². The predicted molar refractivity (Wildman–Crippen MR) is 159 cm³/mol. The Labute approximate surface area is 256 Å². The highest BCUT2D eigenvalue weighted by Crippen LogP contribution is 2.33. The number of fused-ring (bicyclic) bond motifs is 5. The van der Waals surface area contributed by atoms with Gasteiger partial charge in [0.25, 0.3) is 0 Å². The molecule has 2 aliphatic carbocycles. The van der Waals surface area contributed by atoms with E-state index in [1.807, 2.05) is 0 Å². The number of methoxy groups -OCH3 is 3. The number of alkyl halides is 1. The summed E-state index contributed by atoms with van der Waals surface area (Å²) >= 11 is 6.52. The van der Waals surface area contributed by atoms with E-state index in [1.165, 1.54) is 0 Å². The molecule has 0 aromatic carbocycles. The first kappa shape index (κ1) is 33.9. The maximum absolute atomic E-state index is 13.3. The average molecular weight is 617 g/mol. The third-order valence-electron chi connectivity index (χ3n) is 9.62. The molecule has 0 aromatic heterocycles. The minimum absolute atomic E-state index is 0.00854. The molecule has 0 N–H and O–H groups in total. The van der Waals surface area contributed by atoms with Gasteiger partial charge >= 0.3 is 11.9 Å². The van der Waals surface area contributed by atoms with Crippen molar-refractivity contribution in [1.29, 1.82) is 0 Å².